The number of carbonyl (C=O) groups excluding carboxylic acids is 1. The summed E-state index contributed by atoms with van der Waals surface area (Å²) in [4.78, 5) is 13.4. The van der Waals surface area contributed by atoms with Crippen molar-refractivity contribution in [1.29, 1.82) is 0 Å². The summed E-state index contributed by atoms with van der Waals surface area (Å²) in [6.45, 7) is 4.34. The summed E-state index contributed by atoms with van der Waals surface area (Å²) in [5, 5.41) is 12.0. The molecule has 2 N–H and O–H groups in total. The fraction of sp³-hybridized carbons (Fsp3) is 0.500. The Morgan fingerprint density at radius 1 is 1.50 bits per heavy atom. The van der Waals surface area contributed by atoms with Crippen molar-refractivity contribution in [2.24, 2.45) is 0 Å². The first-order valence-electron chi connectivity index (χ1n) is 6.32. The van der Waals surface area contributed by atoms with Crippen LogP contribution >= 0.6 is 0 Å². The number of rotatable bonds is 5. The van der Waals surface area contributed by atoms with E-state index < -0.39 is 0 Å². The molecule has 0 aliphatic rings. The molecule has 4 nitrogen and oxygen atoms in total. The van der Waals surface area contributed by atoms with Crippen molar-refractivity contribution < 1.29 is 9.90 Å². The van der Waals surface area contributed by atoms with E-state index in [9.17, 15) is 9.90 Å². The van der Waals surface area contributed by atoms with Crippen LogP contribution in [0.1, 0.15) is 25.8 Å². The fourth-order valence-corrected chi connectivity index (χ4v) is 1.57. The van der Waals surface area contributed by atoms with Gasteiger partial charge in [0.2, 0.25) is 0 Å². The lowest BCUT2D eigenvalue weighted by Crippen LogP contribution is -2.33. The molecule has 1 aromatic carbocycles. The molecule has 1 unspecified atom stereocenters. The lowest BCUT2D eigenvalue weighted by atomic mass is 10.1. The normalized spacial score (nSPS) is 12.0. The molecule has 0 bridgehead atoms. The number of nitrogens with one attached hydrogen (secondary N) is 1. The van der Waals surface area contributed by atoms with Gasteiger partial charge in [-0.2, -0.15) is 0 Å². The number of hydrogen-bond donors (Lipinski definition) is 2. The first kappa shape index (κ1) is 14.5. The molecule has 0 aromatic heterocycles. The van der Waals surface area contributed by atoms with Gasteiger partial charge < -0.3 is 15.3 Å². The number of benzene rings is 1. The van der Waals surface area contributed by atoms with Gasteiger partial charge in [0.25, 0.3) is 0 Å². The lowest BCUT2D eigenvalue weighted by Gasteiger charge is -2.18. The topological polar surface area (TPSA) is 52.6 Å². The molecule has 0 fully saturated rings. The highest BCUT2D eigenvalue weighted by Crippen LogP contribution is 2.11. The number of aryl methyl sites for hydroxylation is 1. The van der Waals surface area contributed by atoms with E-state index in [4.69, 9.17) is 0 Å². The van der Waals surface area contributed by atoms with Gasteiger partial charge in [-0.3, -0.25) is 0 Å². The van der Waals surface area contributed by atoms with Crippen LogP contribution in [0.3, 0.4) is 0 Å². The summed E-state index contributed by atoms with van der Waals surface area (Å²) >= 11 is 0. The number of aliphatic hydroxyl groups excluding tert-OH is 1. The van der Waals surface area contributed by atoms with Gasteiger partial charge in [0.05, 0.1) is 6.10 Å². The van der Waals surface area contributed by atoms with E-state index in [0.717, 1.165) is 12.1 Å². The van der Waals surface area contributed by atoms with Gasteiger partial charge in [0.1, 0.15) is 0 Å². The Labute approximate surface area is 109 Å². The average molecular weight is 250 g/mol. The number of urea groups is 1. The number of aliphatic hydroxyl groups is 1. The van der Waals surface area contributed by atoms with Gasteiger partial charge in [-0.25, -0.2) is 4.79 Å². The predicted octanol–water partition coefficient (Wildman–Crippen LogP) is 2.48. The zero-order valence-corrected chi connectivity index (χ0v) is 11.3. The molecule has 0 aliphatic heterocycles. The van der Waals surface area contributed by atoms with E-state index in [1.165, 1.54) is 5.56 Å². The number of amides is 2. The van der Waals surface area contributed by atoms with Crippen molar-refractivity contribution >= 4 is 11.7 Å². The van der Waals surface area contributed by atoms with Gasteiger partial charge in [-0.1, -0.05) is 19.1 Å². The minimum Gasteiger partial charge on any atom is -0.393 e. The maximum Gasteiger partial charge on any atom is 0.321 e. The Bertz CT molecular complexity index is 391. The largest absolute Gasteiger partial charge is 0.393 e. The predicted molar refractivity (Wildman–Crippen MR) is 73.8 cm³/mol. The molecule has 100 valence electrons. The summed E-state index contributed by atoms with van der Waals surface area (Å²) in [5.41, 5.74) is 2.00. The second-order valence-corrected chi connectivity index (χ2v) is 4.54. The van der Waals surface area contributed by atoms with Crippen LogP contribution in [0, 0.1) is 0 Å². The Morgan fingerprint density at radius 3 is 2.83 bits per heavy atom. The molecule has 4 heteroatoms. The molecule has 0 saturated heterocycles. The third-order valence-corrected chi connectivity index (χ3v) is 2.82. The average Bonchev–Trinajstić information content (AvgIpc) is 2.36. The molecule has 0 heterocycles. The quantitative estimate of drug-likeness (QED) is 0.843. The summed E-state index contributed by atoms with van der Waals surface area (Å²) in [5.74, 6) is 0. The Kier molecular flexibility index (Phi) is 5.65. The number of hydrogen-bond acceptors (Lipinski definition) is 2. The fourth-order valence-electron chi connectivity index (χ4n) is 1.57. The second-order valence-electron chi connectivity index (χ2n) is 4.54. The van der Waals surface area contributed by atoms with Crippen molar-refractivity contribution in [3.05, 3.63) is 29.8 Å². The summed E-state index contributed by atoms with van der Waals surface area (Å²) < 4.78 is 0. The van der Waals surface area contributed by atoms with Crippen LogP contribution in [-0.2, 0) is 6.42 Å². The van der Waals surface area contributed by atoms with Crippen molar-refractivity contribution in [1.82, 2.24) is 4.90 Å². The zero-order valence-electron chi connectivity index (χ0n) is 11.3. The van der Waals surface area contributed by atoms with E-state index in [-0.39, 0.29) is 12.1 Å². The Hall–Kier alpha value is -1.55. The van der Waals surface area contributed by atoms with Crippen molar-refractivity contribution in [2.75, 3.05) is 18.9 Å². The first-order chi connectivity index (χ1) is 8.52. The van der Waals surface area contributed by atoms with Crippen LogP contribution in [-0.4, -0.2) is 35.7 Å². The smallest absolute Gasteiger partial charge is 0.321 e. The first-order valence-corrected chi connectivity index (χ1v) is 6.32. The summed E-state index contributed by atoms with van der Waals surface area (Å²) in [7, 11) is 1.72. The molecule has 0 spiro atoms. The van der Waals surface area contributed by atoms with E-state index >= 15 is 0 Å². The summed E-state index contributed by atoms with van der Waals surface area (Å²) in [6, 6.07) is 7.67. The van der Waals surface area contributed by atoms with Gasteiger partial charge in [-0.15, -0.1) is 0 Å². The van der Waals surface area contributed by atoms with E-state index in [1.54, 1.807) is 18.9 Å². The zero-order chi connectivity index (χ0) is 13.5. The van der Waals surface area contributed by atoms with Gasteiger partial charge >= 0.3 is 6.03 Å². The van der Waals surface area contributed by atoms with E-state index in [1.807, 2.05) is 24.3 Å². The standard InChI is InChI=1S/C14H22N2O2/c1-4-12-6-5-7-13(10-12)15-14(18)16(3)9-8-11(2)17/h5-7,10-11,17H,4,8-9H2,1-3H3,(H,15,18). The summed E-state index contributed by atoms with van der Waals surface area (Å²) in [6.07, 6.45) is 1.14. The Balaban J connectivity index is 2.52. The third-order valence-electron chi connectivity index (χ3n) is 2.82. The maximum atomic E-state index is 11.9. The minimum atomic E-state index is -0.385. The van der Waals surface area contributed by atoms with E-state index in [2.05, 4.69) is 12.2 Å². The lowest BCUT2D eigenvalue weighted by molar-refractivity contribution is 0.167. The Morgan fingerprint density at radius 2 is 2.22 bits per heavy atom. The van der Waals surface area contributed by atoms with Crippen LogP contribution in [0.4, 0.5) is 10.5 Å². The van der Waals surface area contributed by atoms with Crippen LogP contribution in [0.25, 0.3) is 0 Å². The third kappa shape index (κ3) is 4.75. The molecule has 0 aliphatic carbocycles. The van der Waals surface area contributed by atoms with E-state index in [0.29, 0.717) is 13.0 Å². The van der Waals surface area contributed by atoms with Gasteiger partial charge in [0.15, 0.2) is 0 Å². The van der Waals surface area contributed by atoms with Crippen LogP contribution in [0.5, 0.6) is 0 Å². The number of anilines is 1. The maximum absolute atomic E-state index is 11.9. The monoisotopic (exact) mass is 250 g/mol. The van der Waals surface area contributed by atoms with Crippen molar-refractivity contribution in [3.8, 4) is 0 Å². The minimum absolute atomic E-state index is 0.149. The molecule has 0 saturated carbocycles. The van der Waals surface area contributed by atoms with Crippen LogP contribution in [0.15, 0.2) is 24.3 Å². The van der Waals surface area contributed by atoms with Crippen LogP contribution in [0.2, 0.25) is 0 Å². The highest BCUT2D eigenvalue weighted by Gasteiger charge is 2.09. The molecular weight excluding hydrogens is 228 g/mol. The van der Waals surface area contributed by atoms with Crippen LogP contribution < -0.4 is 5.32 Å². The molecule has 1 aromatic rings. The van der Waals surface area contributed by atoms with Gasteiger partial charge in [0, 0.05) is 19.3 Å². The highest BCUT2D eigenvalue weighted by atomic mass is 16.3. The number of nitrogens with zero attached hydrogens (tertiary/aromatic N) is 1. The molecule has 2 amide bonds. The molecule has 18 heavy (non-hydrogen) atoms. The second kappa shape index (κ2) is 7.01. The molecule has 1 rings (SSSR count). The van der Waals surface area contributed by atoms with Crippen molar-refractivity contribution in [2.45, 2.75) is 32.8 Å². The van der Waals surface area contributed by atoms with Crippen molar-refractivity contribution in [3.63, 3.8) is 0 Å². The number of carbonyl (C=O) groups is 1. The molecule has 1 atom stereocenters. The molecular formula is C14H22N2O2. The SMILES string of the molecule is CCc1cccc(NC(=O)N(C)CCC(C)O)c1. The molecule has 0 radical (unpaired) electrons. The highest BCUT2D eigenvalue weighted by molar-refractivity contribution is 5.89. The van der Waals surface area contributed by atoms with Gasteiger partial charge in [-0.05, 0) is 37.5 Å².